The maximum atomic E-state index is 11.3. The van der Waals surface area contributed by atoms with E-state index in [1.54, 1.807) is 19.0 Å². The van der Waals surface area contributed by atoms with Gasteiger partial charge in [-0.05, 0) is 33.9 Å². The lowest BCUT2D eigenvalue weighted by Gasteiger charge is -2.33. The summed E-state index contributed by atoms with van der Waals surface area (Å²) in [5.41, 5.74) is -0.207. The lowest BCUT2D eigenvalue weighted by molar-refractivity contribution is -0.128. The zero-order valence-electron chi connectivity index (χ0n) is 10.6. The van der Waals surface area contributed by atoms with Gasteiger partial charge in [-0.15, -0.1) is 0 Å². The normalized spacial score (nSPS) is 11.9. The van der Waals surface area contributed by atoms with Crippen molar-refractivity contribution in [2.45, 2.75) is 32.2 Å². The molecule has 0 rings (SSSR count). The summed E-state index contributed by atoms with van der Waals surface area (Å²) in [6.07, 6.45) is 1.40. The molecule has 0 aliphatic heterocycles. The molecular weight excluding hydrogens is 192 g/mol. The predicted octanol–water partition coefficient (Wildman–Crippen LogP) is 0.557. The van der Waals surface area contributed by atoms with Crippen LogP contribution in [0, 0.1) is 0 Å². The Balaban J connectivity index is 3.82. The van der Waals surface area contributed by atoms with Gasteiger partial charge >= 0.3 is 0 Å². The molecule has 0 aromatic carbocycles. The highest BCUT2D eigenvalue weighted by molar-refractivity contribution is 5.75. The predicted molar refractivity (Wildman–Crippen MR) is 61.7 cm³/mol. The largest absolute Gasteiger partial charge is 0.394 e. The van der Waals surface area contributed by atoms with Crippen LogP contribution >= 0.6 is 0 Å². The van der Waals surface area contributed by atoms with Gasteiger partial charge in [0, 0.05) is 26.1 Å². The van der Waals surface area contributed by atoms with Gasteiger partial charge < -0.3 is 10.0 Å². The maximum absolute atomic E-state index is 11.3. The van der Waals surface area contributed by atoms with Crippen LogP contribution in [0.2, 0.25) is 0 Å². The molecule has 0 aliphatic carbocycles. The molecule has 4 heteroatoms. The van der Waals surface area contributed by atoms with E-state index >= 15 is 0 Å². The van der Waals surface area contributed by atoms with Crippen molar-refractivity contribution in [3.8, 4) is 0 Å². The van der Waals surface area contributed by atoms with E-state index in [2.05, 4.69) is 4.90 Å². The first-order chi connectivity index (χ1) is 6.81. The van der Waals surface area contributed by atoms with Gasteiger partial charge in [0.2, 0.25) is 5.91 Å². The molecule has 0 saturated carbocycles. The number of amides is 1. The van der Waals surface area contributed by atoms with Crippen LogP contribution in [0.3, 0.4) is 0 Å². The summed E-state index contributed by atoms with van der Waals surface area (Å²) in [6.45, 7) is 4.93. The fourth-order valence-electron chi connectivity index (χ4n) is 1.11. The van der Waals surface area contributed by atoms with E-state index in [4.69, 9.17) is 5.11 Å². The number of hydrogen-bond donors (Lipinski definition) is 1. The highest BCUT2D eigenvalue weighted by atomic mass is 16.3. The third kappa shape index (κ3) is 5.14. The molecular formula is C11H24N2O2. The molecule has 90 valence electrons. The van der Waals surface area contributed by atoms with E-state index in [9.17, 15) is 4.79 Å². The Hall–Kier alpha value is -0.610. The van der Waals surface area contributed by atoms with Gasteiger partial charge in [0.05, 0.1) is 6.61 Å². The average Bonchev–Trinajstić information content (AvgIpc) is 2.17. The Kier molecular flexibility index (Phi) is 5.83. The minimum atomic E-state index is -0.207. The van der Waals surface area contributed by atoms with E-state index in [0.717, 1.165) is 13.0 Å². The summed E-state index contributed by atoms with van der Waals surface area (Å²) in [7, 11) is 5.50. The summed E-state index contributed by atoms with van der Waals surface area (Å²) in [6, 6.07) is 0. The first-order valence-corrected chi connectivity index (χ1v) is 5.33. The molecule has 0 radical (unpaired) electrons. The number of carbonyl (C=O) groups is 1. The van der Waals surface area contributed by atoms with E-state index in [1.807, 2.05) is 20.9 Å². The van der Waals surface area contributed by atoms with Crippen molar-refractivity contribution in [3.05, 3.63) is 0 Å². The molecule has 4 nitrogen and oxygen atoms in total. The summed E-state index contributed by atoms with van der Waals surface area (Å²) >= 11 is 0. The van der Waals surface area contributed by atoms with Crippen LogP contribution in [0.25, 0.3) is 0 Å². The molecule has 1 amide bonds. The van der Waals surface area contributed by atoms with Gasteiger partial charge in [0.25, 0.3) is 0 Å². The second kappa shape index (κ2) is 6.08. The molecule has 0 bridgehead atoms. The van der Waals surface area contributed by atoms with E-state index < -0.39 is 0 Å². The molecule has 0 aromatic rings. The SMILES string of the molecule is CN(C)C(=O)CCCN(C)C(C)(C)CO. The lowest BCUT2D eigenvalue weighted by Crippen LogP contribution is -2.44. The van der Waals surface area contributed by atoms with Crippen LogP contribution in [0.4, 0.5) is 0 Å². The fourth-order valence-corrected chi connectivity index (χ4v) is 1.11. The monoisotopic (exact) mass is 216 g/mol. The van der Waals surface area contributed by atoms with Crippen LogP contribution in [0.1, 0.15) is 26.7 Å². The van der Waals surface area contributed by atoms with E-state index in [0.29, 0.717) is 6.42 Å². The molecule has 0 saturated heterocycles. The first-order valence-electron chi connectivity index (χ1n) is 5.33. The smallest absolute Gasteiger partial charge is 0.222 e. The second-order valence-corrected chi connectivity index (χ2v) is 4.78. The fraction of sp³-hybridized carbons (Fsp3) is 0.909. The van der Waals surface area contributed by atoms with Crippen molar-refractivity contribution in [1.29, 1.82) is 0 Å². The minimum absolute atomic E-state index is 0.130. The van der Waals surface area contributed by atoms with Gasteiger partial charge in [0.1, 0.15) is 0 Å². The molecule has 0 spiro atoms. The Bertz CT molecular complexity index is 203. The van der Waals surface area contributed by atoms with Crippen LogP contribution in [-0.4, -0.2) is 60.6 Å². The summed E-state index contributed by atoms with van der Waals surface area (Å²) in [4.78, 5) is 15.0. The quantitative estimate of drug-likeness (QED) is 0.705. The zero-order chi connectivity index (χ0) is 12.1. The lowest BCUT2D eigenvalue weighted by atomic mass is 10.0. The van der Waals surface area contributed by atoms with Gasteiger partial charge in [-0.3, -0.25) is 9.69 Å². The van der Waals surface area contributed by atoms with E-state index in [-0.39, 0.29) is 18.1 Å². The number of likely N-dealkylation sites (N-methyl/N-ethyl adjacent to an activating group) is 1. The molecule has 1 N–H and O–H groups in total. The molecule has 0 heterocycles. The number of aliphatic hydroxyl groups is 1. The van der Waals surface area contributed by atoms with Crippen molar-refractivity contribution in [3.63, 3.8) is 0 Å². The Labute approximate surface area is 92.9 Å². The molecule has 0 fully saturated rings. The van der Waals surface area contributed by atoms with Crippen molar-refractivity contribution in [1.82, 2.24) is 9.80 Å². The molecule has 15 heavy (non-hydrogen) atoms. The summed E-state index contributed by atoms with van der Waals surface area (Å²) in [5.74, 6) is 0.158. The Morgan fingerprint density at radius 1 is 1.27 bits per heavy atom. The van der Waals surface area contributed by atoms with Crippen molar-refractivity contribution < 1.29 is 9.90 Å². The highest BCUT2D eigenvalue weighted by Gasteiger charge is 2.21. The Morgan fingerprint density at radius 2 is 1.80 bits per heavy atom. The molecule has 0 aromatic heterocycles. The average molecular weight is 216 g/mol. The number of carbonyl (C=O) groups excluding carboxylic acids is 1. The van der Waals surface area contributed by atoms with Crippen molar-refractivity contribution in [2.24, 2.45) is 0 Å². The molecule has 0 atom stereocenters. The summed E-state index contributed by atoms with van der Waals surface area (Å²) in [5, 5.41) is 9.14. The van der Waals surface area contributed by atoms with Gasteiger partial charge in [-0.25, -0.2) is 0 Å². The first kappa shape index (κ1) is 14.4. The minimum Gasteiger partial charge on any atom is -0.394 e. The molecule has 0 aliphatic rings. The number of rotatable bonds is 6. The van der Waals surface area contributed by atoms with Gasteiger partial charge in [-0.2, -0.15) is 0 Å². The van der Waals surface area contributed by atoms with Crippen LogP contribution in [0.15, 0.2) is 0 Å². The van der Waals surface area contributed by atoms with Crippen molar-refractivity contribution in [2.75, 3.05) is 34.3 Å². The molecule has 0 unspecified atom stereocenters. The third-order valence-electron chi connectivity index (χ3n) is 2.80. The Morgan fingerprint density at radius 3 is 2.20 bits per heavy atom. The second-order valence-electron chi connectivity index (χ2n) is 4.78. The van der Waals surface area contributed by atoms with Gasteiger partial charge in [-0.1, -0.05) is 0 Å². The number of nitrogens with zero attached hydrogens (tertiary/aromatic N) is 2. The maximum Gasteiger partial charge on any atom is 0.222 e. The van der Waals surface area contributed by atoms with Crippen LogP contribution in [0.5, 0.6) is 0 Å². The van der Waals surface area contributed by atoms with Gasteiger partial charge in [0.15, 0.2) is 0 Å². The third-order valence-corrected chi connectivity index (χ3v) is 2.80. The summed E-state index contributed by atoms with van der Waals surface area (Å²) < 4.78 is 0. The van der Waals surface area contributed by atoms with Crippen LogP contribution < -0.4 is 0 Å². The standard InChI is InChI=1S/C11H24N2O2/c1-11(2,9-14)13(5)8-6-7-10(15)12(3)4/h14H,6-9H2,1-5H3. The highest BCUT2D eigenvalue weighted by Crippen LogP contribution is 2.11. The zero-order valence-corrected chi connectivity index (χ0v) is 10.6. The topological polar surface area (TPSA) is 43.8 Å². The van der Waals surface area contributed by atoms with E-state index in [1.165, 1.54) is 0 Å². The number of hydrogen-bond acceptors (Lipinski definition) is 3. The van der Waals surface area contributed by atoms with Crippen molar-refractivity contribution >= 4 is 5.91 Å². The van der Waals surface area contributed by atoms with Crippen LogP contribution in [-0.2, 0) is 4.79 Å². The number of aliphatic hydroxyl groups excluding tert-OH is 1.